The third-order valence-corrected chi connectivity index (χ3v) is 7.40. The molecule has 2 aromatic carbocycles. The van der Waals surface area contributed by atoms with E-state index in [4.69, 9.17) is 5.73 Å². The summed E-state index contributed by atoms with van der Waals surface area (Å²) in [6.07, 6.45) is 2.86. The average molecular weight is 430 g/mol. The molecule has 2 atom stereocenters. The molecule has 0 unspecified atom stereocenters. The molecule has 6 heteroatoms. The van der Waals surface area contributed by atoms with E-state index in [2.05, 4.69) is 76.2 Å². The first-order valence-corrected chi connectivity index (χ1v) is 11.7. The second-order valence-electron chi connectivity index (χ2n) is 9.63. The van der Waals surface area contributed by atoms with Gasteiger partial charge in [0.2, 0.25) is 5.91 Å². The largest absolute Gasteiger partial charge is 0.369 e. The Hall–Kier alpha value is -3.04. The van der Waals surface area contributed by atoms with Gasteiger partial charge >= 0.3 is 0 Å². The fraction of sp³-hybridized carbons (Fsp3) is 0.462. The van der Waals surface area contributed by atoms with Crippen LogP contribution in [0.5, 0.6) is 0 Å². The van der Waals surface area contributed by atoms with Crippen LogP contribution in [0.1, 0.15) is 26.2 Å². The Morgan fingerprint density at radius 3 is 2.38 bits per heavy atom. The Morgan fingerprint density at radius 2 is 1.75 bits per heavy atom. The Kier molecular flexibility index (Phi) is 5.30. The molecular weight excluding hydrogens is 398 g/mol. The molecule has 3 aliphatic rings. The van der Waals surface area contributed by atoms with Crippen LogP contribution in [0.3, 0.4) is 0 Å². The van der Waals surface area contributed by atoms with E-state index < -0.39 is 0 Å². The third kappa shape index (κ3) is 3.82. The van der Waals surface area contributed by atoms with Crippen LogP contribution in [0.25, 0.3) is 11.1 Å². The number of nitriles is 1. The molecule has 32 heavy (non-hydrogen) atoms. The van der Waals surface area contributed by atoms with Gasteiger partial charge in [-0.2, -0.15) is 5.26 Å². The normalized spacial score (nSPS) is 24.9. The summed E-state index contributed by atoms with van der Waals surface area (Å²) in [4.78, 5) is 18.9. The van der Waals surface area contributed by atoms with Crippen LogP contribution in [-0.2, 0) is 4.79 Å². The van der Waals surface area contributed by atoms with Crippen molar-refractivity contribution in [2.24, 2.45) is 11.7 Å². The van der Waals surface area contributed by atoms with Crippen LogP contribution in [-0.4, -0.2) is 55.1 Å². The van der Waals surface area contributed by atoms with Crippen molar-refractivity contribution >= 4 is 17.3 Å². The first-order chi connectivity index (χ1) is 15.5. The van der Waals surface area contributed by atoms with E-state index in [1.54, 1.807) is 0 Å². The van der Waals surface area contributed by atoms with Gasteiger partial charge in [-0.1, -0.05) is 31.2 Å². The number of nitrogens with two attached hydrogens (primary N) is 1. The van der Waals surface area contributed by atoms with E-state index in [0.717, 1.165) is 63.2 Å². The SMILES string of the molecule is C[C@H]1C[C@@H](C(N)=O)N(c2cccc(-c3ccc(N4CCN(C5(C#N)CC5)CC4)cc3)c2)C1. The van der Waals surface area contributed by atoms with Crippen LogP contribution in [0.4, 0.5) is 11.4 Å². The molecule has 1 aliphatic carbocycles. The number of nitrogens with zero attached hydrogens (tertiary/aromatic N) is 4. The molecular formula is C26H31N5O. The topological polar surface area (TPSA) is 76.6 Å². The molecule has 2 heterocycles. The van der Waals surface area contributed by atoms with Crippen molar-refractivity contribution in [2.75, 3.05) is 42.5 Å². The van der Waals surface area contributed by atoms with Crippen molar-refractivity contribution in [2.45, 2.75) is 37.8 Å². The minimum Gasteiger partial charge on any atom is -0.369 e. The minimum atomic E-state index is -0.244. The highest BCUT2D eigenvalue weighted by molar-refractivity contribution is 5.85. The molecule has 0 aromatic heterocycles. The maximum atomic E-state index is 11.9. The van der Waals surface area contributed by atoms with Crippen LogP contribution in [0.2, 0.25) is 0 Å². The molecule has 2 N–H and O–H groups in total. The Labute approximate surface area is 190 Å². The van der Waals surface area contributed by atoms with Gasteiger partial charge in [0.1, 0.15) is 11.6 Å². The average Bonchev–Trinajstić information content (AvgIpc) is 3.53. The molecule has 6 nitrogen and oxygen atoms in total. The highest BCUT2D eigenvalue weighted by atomic mass is 16.1. The highest BCUT2D eigenvalue weighted by Crippen LogP contribution is 2.41. The van der Waals surface area contributed by atoms with Crippen LogP contribution in [0.15, 0.2) is 48.5 Å². The molecule has 5 rings (SSSR count). The number of rotatable bonds is 5. The summed E-state index contributed by atoms with van der Waals surface area (Å²) >= 11 is 0. The lowest BCUT2D eigenvalue weighted by molar-refractivity contribution is -0.119. The van der Waals surface area contributed by atoms with Crippen molar-refractivity contribution in [1.82, 2.24) is 4.90 Å². The van der Waals surface area contributed by atoms with Gasteiger partial charge in [-0.05, 0) is 60.6 Å². The number of primary amides is 1. The third-order valence-electron chi connectivity index (χ3n) is 7.40. The molecule has 2 aromatic rings. The van der Waals surface area contributed by atoms with Gasteiger partial charge in [0.05, 0.1) is 6.07 Å². The summed E-state index contributed by atoms with van der Waals surface area (Å²) in [5, 5.41) is 9.44. The second-order valence-corrected chi connectivity index (χ2v) is 9.63. The molecule has 3 fully saturated rings. The van der Waals surface area contributed by atoms with Crippen LogP contribution >= 0.6 is 0 Å². The first kappa shape index (κ1) is 20.8. The van der Waals surface area contributed by atoms with E-state index >= 15 is 0 Å². The summed E-state index contributed by atoms with van der Waals surface area (Å²) in [6, 6.07) is 19.4. The number of carbonyl (C=O) groups excluding carboxylic acids is 1. The lowest BCUT2D eigenvalue weighted by atomic mass is 10.0. The van der Waals surface area contributed by atoms with Gasteiger partial charge < -0.3 is 15.5 Å². The molecule has 2 saturated heterocycles. The molecule has 1 saturated carbocycles. The van der Waals surface area contributed by atoms with Gasteiger partial charge in [-0.15, -0.1) is 0 Å². The van der Waals surface area contributed by atoms with E-state index in [-0.39, 0.29) is 17.5 Å². The van der Waals surface area contributed by atoms with Crippen molar-refractivity contribution in [1.29, 1.82) is 5.26 Å². The Balaban J connectivity index is 1.28. The van der Waals surface area contributed by atoms with E-state index in [0.29, 0.717) is 5.92 Å². The summed E-state index contributed by atoms with van der Waals surface area (Å²) in [5.41, 5.74) is 10.1. The summed E-state index contributed by atoms with van der Waals surface area (Å²) < 4.78 is 0. The molecule has 0 bridgehead atoms. The zero-order chi connectivity index (χ0) is 22.3. The predicted octanol–water partition coefficient (Wildman–Crippen LogP) is 3.23. The fourth-order valence-electron chi connectivity index (χ4n) is 5.34. The van der Waals surface area contributed by atoms with E-state index in [1.165, 1.54) is 11.3 Å². The van der Waals surface area contributed by atoms with E-state index in [1.807, 2.05) is 0 Å². The van der Waals surface area contributed by atoms with Crippen molar-refractivity contribution < 1.29 is 4.79 Å². The summed E-state index contributed by atoms with van der Waals surface area (Å²) in [7, 11) is 0. The molecule has 0 spiro atoms. The summed E-state index contributed by atoms with van der Waals surface area (Å²) in [5.74, 6) is 0.213. The number of piperazine rings is 1. The number of hydrogen-bond donors (Lipinski definition) is 1. The van der Waals surface area contributed by atoms with Gasteiger partial charge in [-0.3, -0.25) is 9.69 Å². The van der Waals surface area contributed by atoms with Gasteiger partial charge in [0.25, 0.3) is 0 Å². The number of benzene rings is 2. The summed E-state index contributed by atoms with van der Waals surface area (Å²) in [6.45, 7) is 6.84. The number of hydrogen-bond acceptors (Lipinski definition) is 5. The fourth-order valence-corrected chi connectivity index (χ4v) is 5.34. The molecule has 0 radical (unpaired) electrons. The number of anilines is 2. The quantitative estimate of drug-likeness (QED) is 0.790. The molecule has 2 aliphatic heterocycles. The van der Waals surface area contributed by atoms with E-state index in [9.17, 15) is 10.1 Å². The number of amides is 1. The van der Waals surface area contributed by atoms with Crippen LogP contribution < -0.4 is 15.5 Å². The zero-order valence-corrected chi connectivity index (χ0v) is 18.7. The smallest absolute Gasteiger partial charge is 0.240 e. The molecule has 166 valence electrons. The van der Waals surface area contributed by atoms with Crippen LogP contribution in [0, 0.1) is 17.2 Å². The number of carbonyl (C=O) groups is 1. The van der Waals surface area contributed by atoms with Crippen molar-refractivity contribution in [3.8, 4) is 17.2 Å². The Morgan fingerprint density at radius 1 is 1.03 bits per heavy atom. The van der Waals surface area contributed by atoms with Gasteiger partial charge in [-0.25, -0.2) is 0 Å². The van der Waals surface area contributed by atoms with Crippen molar-refractivity contribution in [3.05, 3.63) is 48.5 Å². The highest BCUT2D eigenvalue weighted by Gasteiger charge is 2.49. The van der Waals surface area contributed by atoms with Gasteiger partial charge in [0, 0.05) is 44.1 Å². The van der Waals surface area contributed by atoms with Crippen molar-refractivity contribution in [3.63, 3.8) is 0 Å². The lowest BCUT2D eigenvalue weighted by Gasteiger charge is -2.38. The monoisotopic (exact) mass is 429 g/mol. The standard InChI is InChI=1S/C26H31N5O/c1-19-15-24(25(28)32)31(17-19)23-4-2-3-21(16-23)20-5-7-22(8-6-20)29-11-13-30(14-12-29)26(18-27)9-10-26/h2-8,16,19,24H,9-15,17H2,1H3,(H2,28,32)/t19-,24-/m0/s1. The molecule has 1 amide bonds. The Bertz CT molecular complexity index is 1030. The zero-order valence-electron chi connectivity index (χ0n) is 18.7. The lowest BCUT2D eigenvalue weighted by Crippen LogP contribution is -2.51. The van der Waals surface area contributed by atoms with Gasteiger partial charge in [0.15, 0.2) is 0 Å². The minimum absolute atomic E-state index is 0.165. The maximum Gasteiger partial charge on any atom is 0.240 e. The predicted molar refractivity (Wildman–Crippen MR) is 127 cm³/mol. The maximum absolute atomic E-state index is 11.9. The first-order valence-electron chi connectivity index (χ1n) is 11.7. The second kappa shape index (κ2) is 8.14.